The lowest BCUT2D eigenvalue weighted by Gasteiger charge is -2.26. The summed E-state index contributed by atoms with van der Waals surface area (Å²) in [4.78, 5) is 9.76. The number of hydrogen-bond donors (Lipinski definition) is 2. The minimum atomic E-state index is -0.0334. The van der Waals surface area contributed by atoms with Crippen molar-refractivity contribution < 1.29 is 10.2 Å². The lowest BCUT2D eigenvalue weighted by Crippen LogP contribution is -2.27. The molecule has 1 aliphatic rings. The summed E-state index contributed by atoms with van der Waals surface area (Å²) < 4.78 is 1.36. The smallest absolute Gasteiger partial charge is 0.138 e. The van der Waals surface area contributed by atoms with Crippen molar-refractivity contribution in [3.63, 3.8) is 0 Å². The van der Waals surface area contributed by atoms with E-state index in [1.807, 2.05) is 24.3 Å². The van der Waals surface area contributed by atoms with Crippen molar-refractivity contribution in [1.82, 2.24) is 0 Å². The summed E-state index contributed by atoms with van der Waals surface area (Å²) in [5, 5.41) is 21.2. The molecular formula is C28H36Br2N2O2. The minimum absolute atomic E-state index is 0.0334. The van der Waals surface area contributed by atoms with Crippen LogP contribution in [0.15, 0.2) is 43.2 Å². The van der Waals surface area contributed by atoms with Gasteiger partial charge in [0.1, 0.15) is 11.5 Å². The Hall–Kier alpha value is -1.66. The zero-order chi connectivity index (χ0) is 25.3. The lowest BCUT2D eigenvalue weighted by atomic mass is 9.86. The van der Waals surface area contributed by atoms with Gasteiger partial charge in [-0.25, -0.2) is 0 Å². The Balaban J connectivity index is 1.88. The molecule has 2 aromatic rings. The molecule has 3 rings (SSSR count). The Kier molecular flexibility index (Phi) is 8.34. The van der Waals surface area contributed by atoms with E-state index in [0.717, 1.165) is 36.8 Å². The summed E-state index contributed by atoms with van der Waals surface area (Å²) in [7, 11) is 0. The highest BCUT2D eigenvalue weighted by molar-refractivity contribution is 9.10. The molecule has 184 valence electrons. The maximum Gasteiger partial charge on any atom is 0.138 e. The van der Waals surface area contributed by atoms with E-state index >= 15 is 0 Å². The fourth-order valence-corrected chi connectivity index (χ4v) is 5.05. The maximum atomic E-state index is 10.6. The number of nitrogens with zero attached hydrogens (tertiary/aromatic N) is 2. The average molecular weight is 592 g/mol. The molecule has 2 aromatic carbocycles. The van der Waals surface area contributed by atoms with Gasteiger partial charge in [0.15, 0.2) is 0 Å². The van der Waals surface area contributed by atoms with Crippen molar-refractivity contribution in [1.29, 1.82) is 0 Å². The topological polar surface area (TPSA) is 65.2 Å². The summed E-state index contributed by atoms with van der Waals surface area (Å²) in [6.07, 6.45) is 7.72. The molecule has 0 saturated heterocycles. The van der Waals surface area contributed by atoms with Gasteiger partial charge in [0.05, 0.1) is 21.0 Å². The van der Waals surface area contributed by atoms with Crippen LogP contribution in [0, 0.1) is 0 Å². The Morgan fingerprint density at radius 2 is 1.06 bits per heavy atom. The van der Waals surface area contributed by atoms with Crippen LogP contribution in [-0.2, 0) is 10.8 Å². The van der Waals surface area contributed by atoms with Gasteiger partial charge in [-0.1, -0.05) is 54.4 Å². The second-order valence-corrected chi connectivity index (χ2v) is 13.0. The molecule has 0 unspecified atom stereocenters. The molecule has 0 bridgehead atoms. The van der Waals surface area contributed by atoms with Crippen LogP contribution < -0.4 is 0 Å². The molecule has 0 aromatic heterocycles. The summed E-state index contributed by atoms with van der Waals surface area (Å²) in [5.74, 6) is 0.419. The Bertz CT molecular complexity index is 1010. The number of aromatic hydroxyl groups is 2. The van der Waals surface area contributed by atoms with Crippen LogP contribution in [0.2, 0.25) is 0 Å². The molecule has 0 radical (unpaired) electrons. The third-order valence-corrected chi connectivity index (χ3v) is 7.63. The first-order valence-electron chi connectivity index (χ1n) is 11.9. The SMILES string of the molecule is CC(C)(C)c1cc(Br)c(O)c(/C=N/[C@@H]2CCCC[C@H]2/N=C/c2cc(C(C)(C)C)cc(Br)c2O)c1. The third kappa shape index (κ3) is 6.51. The van der Waals surface area contributed by atoms with Crippen LogP contribution in [-0.4, -0.2) is 34.7 Å². The highest BCUT2D eigenvalue weighted by atomic mass is 79.9. The predicted molar refractivity (Wildman–Crippen MR) is 150 cm³/mol. The molecular weight excluding hydrogens is 556 g/mol. The highest BCUT2D eigenvalue weighted by Crippen LogP contribution is 2.35. The average Bonchev–Trinajstić information content (AvgIpc) is 2.74. The Morgan fingerprint density at radius 1 is 0.706 bits per heavy atom. The van der Waals surface area contributed by atoms with Crippen LogP contribution in [0.4, 0.5) is 0 Å². The first-order chi connectivity index (χ1) is 15.8. The van der Waals surface area contributed by atoms with Crippen LogP contribution in [0.25, 0.3) is 0 Å². The zero-order valence-electron chi connectivity index (χ0n) is 21.0. The van der Waals surface area contributed by atoms with Crippen molar-refractivity contribution in [2.75, 3.05) is 0 Å². The first-order valence-corrected chi connectivity index (χ1v) is 13.5. The Labute approximate surface area is 220 Å². The molecule has 0 aliphatic heterocycles. The van der Waals surface area contributed by atoms with Crippen molar-refractivity contribution in [3.8, 4) is 11.5 Å². The first kappa shape index (κ1) is 26.9. The van der Waals surface area contributed by atoms with Gasteiger partial charge in [-0.3, -0.25) is 9.98 Å². The van der Waals surface area contributed by atoms with Crippen LogP contribution in [0.1, 0.15) is 89.5 Å². The van der Waals surface area contributed by atoms with Crippen LogP contribution in [0.5, 0.6) is 11.5 Å². The van der Waals surface area contributed by atoms with E-state index in [-0.39, 0.29) is 34.4 Å². The van der Waals surface area contributed by atoms with Gasteiger partial charge in [-0.15, -0.1) is 0 Å². The van der Waals surface area contributed by atoms with E-state index in [4.69, 9.17) is 9.98 Å². The maximum absolute atomic E-state index is 10.6. The highest BCUT2D eigenvalue weighted by Gasteiger charge is 2.24. The molecule has 34 heavy (non-hydrogen) atoms. The minimum Gasteiger partial charge on any atom is -0.506 e. The van der Waals surface area contributed by atoms with Gasteiger partial charge < -0.3 is 10.2 Å². The van der Waals surface area contributed by atoms with Crippen molar-refractivity contribution >= 4 is 44.3 Å². The standard InChI is InChI=1S/C28H36Br2N2O2/c1-27(2,3)19-11-17(25(33)21(29)13-19)15-31-23-9-7-8-10-24(23)32-16-18-12-20(28(4,5)6)14-22(30)26(18)34/h11-16,23-24,33-34H,7-10H2,1-6H3/b31-15+,32-16+/t23-,24-/m1/s1. The second kappa shape index (κ2) is 10.5. The van der Waals surface area contributed by atoms with Crippen LogP contribution >= 0.6 is 31.9 Å². The third-order valence-electron chi connectivity index (χ3n) is 6.42. The number of aliphatic imine (C=N–C) groups is 2. The van der Waals surface area contributed by atoms with E-state index in [2.05, 4.69) is 73.4 Å². The molecule has 2 N–H and O–H groups in total. The number of phenols is 2. The van der Waals surface area contributed by atoms with Crippen molar-refractivity contribution in [2.24, 2.45) is 9.98 Å². The summed E-state index contributed by atoms with van der Waals surface area (Å²) in [5.41, 5.74) is 3.63. The van der Waals surface area contributed by atoms with E-state index in [1.54, 1.807) is 12.4 Å². The van der Waals surface area contributed by atoms with Gasteiger partial charge in [-0.2, -0.15) is 0 Å². The monoisotopic (exact) mass is 590 g/mol. The van der Waals surface area contributed by atoms with Crippen molar-refractivity contribution in [2.45, 2.75) is 90.1 Å². The van der Waals surface area contributed by atoms with E-state index in [0.29, 0.717) is 20.1 Å². The normalized spacial score (nSPS) is 19.9. The molecule has 0 spiro atoms. The van der Waals surface area contributed by atoms with Crippen molar-refractivity contribution in [3.05, 3.63) is 55.5 Å². The summed E-state index contributed by atoms with van der Waals surface area (Å²) in [6.45, 7) is 12.9. The molecule has 1 saturated carbocycles. The molecule has 0 heterocycles. The van der Waals surface area contributed by atoms with Gasteiger partial charge >= 0.3 is 0 Å². The fraction of sp³-hybridized carbons (Fsp3) is 0.500. The molecule has 6 heteroatoms. The largest absolute Gasteiger partial charge is 0.506 e. The molecule has 0 amide bonds. The molecule has 1 aliphatic carbocycles. The number of phenolic OH excluding ortho intramolecular Hbond substituents is 2. The molecule has 4 nitrogen and oxygen atoms in total. The van der Waals surface area contributed by atoms with Gasteiger partial charge in [0.25, 0.3) is 0 Å². The molecule has 1 fully saturated rings. The van der Waals surface area contributed by atoms with E-state index < -0.39 is 0 Å². The zero-order valence-corrected chi connectivity index (χ0v) is 24.2. The van der Waals surface area contributed by atoms with Gasteiger partial charge in [0.2, 0.25) is 0 Å². The molecule has 2 atom stereocenters. The number of benzene rings is 2. The quantitative estimate of drug-likeness (QED) is 0.353. The van der Waals surface area contributed by atoms with Gasteiger partial charge in [-0.05, 0) is 90.9 Å². The lowest BCUT2D eigenvalue weighted by molar-refractivity contribution is 0.390. The Morgan fingerprint density at radius 3 is 1.38 bits per heavy atom. The predicted octanol–water partition coefficient (Wildman–Crippen LogP) is 8.07. The number of halogens is 2. The van der Waals surface area contributed by atoms with Gasteiger partial charge in [0, 0.05) is 23.6 Å². The van der Waals surface area contributed by atoms with E-state index in [1.165, 1.54) is 0 Å². The van der Waals surface area contributed by atoms with Crippen LogP contribution in [0.3, 0.4) is 0 Å². The summed E-state index contributed by atoms with van der Waals surface area (Å²) in [6, 6.07) is 8.04. The second-order valence-electron chi connectivity index (χ2n) is 11.3. The van der Waals surface area contributed by atoms with E-state index in [9.17, 15) is 10.2 Å². The summed E-state index contributed by atoms with van der Waals surface area (Å²) >= 11 is 6.97. The number of rotatable bonds is 4. The number of hydrogen-bond acceptors (Lipinski definition) is 4. The fourth-order valence-electron chi connectivity index (χ4n) is 4.10.